The van der Waals surface area contributed by atoms with Crippen LogP contribution in [0.1, 0.15) is 37.6 Å². The number of benzene rings is 3. The molecule has 3 aromatic carbocycles. The Hall–Kier alpha value is -2.22. The predicted octanol–water partition coefficient (Wildman–Crippen LogP) is 8.99. The second-order valence-corrected chi connectivity index (χ2v) is 12.7. The molecule has 0 aliphatic carbocycles. The van der Waals surface area contributed by atoms with Crippen LogP contribution in [-0.2, 0) is 12.2 Å². The lowest BCUT2D eigenvalue weighted by Crippen LogP contribution is -2.12. The second kappa shape index (κ2) is 10.3. The zero-order chi connectivity index (χ0) is 24.6. The van der Waals surface area contributed by atoms with Gasteiger partial charge in [-0.25, -0.2) is 9.97 Å². The summed E-state index contributed by atoms with van der Waals surface area (Å²) in [6.07, 6.45) is 0.910. The first-order valence-electron chi connectivity index (χ1n) is 11.5. The molecule has 0 amide bonds. The molecule has 0 saturated carbocycles. The number of nitrogen functional groups attached to an aromatic ring is 1. The van der Waals surface area contributed by atoms with Gasteiger partial charge in [-0.3, -0.25) is 0 Å². The van der Waals surface area contributed by atoms with Crippen molar-refractivity contribution >= 4 is 74.1 Å². The van der Waals surface area contributed by atoms with Crippen molar-refractivity contribution in [2.24, 2.45) is 0 Å². The van der Waals surface area contributed by atoms with Crippen molar-refractivity contribution in [1.82, 2.24) is 9.97 Å². The summed E-state index contributed by atoms with van der Waals surface area (Å²) in [4.78, 5) is 11.9. The van der Waals surface area contributed by atoms with Crippen LogP contribution in [0.4, 0.5) is 5.82 Å². The predicted molar refractivity (Wildman–Crippen MR) is 157 cm³/mol. The topological polar surface area (TPSA) is 51.8 Å². The first kappa shape index (κ1) is 24.1. The van der Waals surface area contributed by atoms with Crippen LogP contribution in [0.5, 0.6) is 0 Å². The Bertz CT molecular complexity index is 1540. The Balaban J connectivity index is 1.39. The van der Waals surface area contributed by atoms with Crippen LogP contribution < -0.4 is 5.73 Å². The molecule has 36 heavy (non-hydrogen) atoms. The monoisotopic (exact) mass is 565 g/mol. The van der Waals surface area contributed by atoms with Gasteiger partial charge in [0.1, 0.15) is 10.6 Å². The summed E-state index contributed by atoms with van der Waals surface area (Å²) in [6, 6.07) is 27.0. The lowest BCUT2D eigenvalue weighted by atomic mass is 9.98. The third-order valence-electron chi connectivity index (χ3n) is 6.26. The number of hydrogen-bond donors (Lipinski definition) is 1. The van der Waals surface area contributed by atoms with E-state index in [1.165, 1.54) is 33.3 Å². The maximum absolute atomic E-state index is 6.60. The minimum Gasteiger partial charge on any atom is -0.383 e. The van der Waals surface area contributed by atoms with Gasteiger partial charge in [0.2, 0.25) is 0 Å². The van der Waals surface area contributed by atoms with Gasteiger partial charge < -0.3 is 5.73 Å². The highest BCUT2D eigenvalue weighted by Gasteiger charge is 2.34. The number of hydrogen-bond acceptors (Lipinski definition) is 6. The molecule has 6 rings (SSSR count). The van der Waals surface area contributed by atoms with Crippen LogP contribution in [0.3, 0.4) is 0 Å². The fraction of sp³-hybridized carbons (Fsp3) is 0.143. The average Bonchev–Trinajstić information content (AvgIpc) is 3.27. The van der Waals surface area contributed by atoms with Gasteiger partial charge in [0.25, 0.3) is 0 Å². The molecule has 2 N–H and O–H groups in total. The third-order valence-corrected chi connectivity index (χ3v) is 10.6. The van der Waals surface area contributed by atoms with Crippen LogP contribution in [0.25, 0.3) is 10.2 Å². The largest absolute Gasteiger partial charge is 0.383 e. The van der Waals surface area contributed by atoms with E-state index < -0.39 is 0 Å². The van der Waals surface area contributed by atoms with E-state index in [2.05, 4.69) is 60.7 Å². The fourth-order valence-electron chi connectivity index (χ4n) is 4.52. The molecule has 1 aliphatic heterocycles. The molecule has 180 valence electrons. The molecule has 3 heterocycles. The number of anilines is 1. The average molecular weight is 567 g/mol. The Morgan fingerprint density at radius 1 is 0.917 bits per heavy atom. The molecule has 1 aliphatic rings. The molecule has 3 nitrogen and oxygen atoms in total. The van der Waals surface area contributed by atoms with Crippen molar-refractivity contribution in [3.63, 3.8) is 0 Å². The number of thioether (sulfide) groups is 2. The van der Waals surface area contributed by atoms with Gasteiger partial charge in [-0.05, 0) is 40.8 Å². The van der Waals surface area contributed by atoms with E-state index in [9.17, 15) is 0 Å². The van der Waals surface area contributed by atoms with Gasteiger partial charge in [-0.2, -0.15) is 0 Å². The Labute approximate surface area is 232 Å². The zero-order valence-corrected chi connectivity index (χ0v) is 23.0. The molecule has 2 aromatic heterocycles. The van der Waals surface area contributed by atoms with Gasteiger partial charge in [-0.1, -0.05) is 102 Å². The van der Waals surface area contributed by atoms with Crippen LogP contribution >= 0.6 is 58.1 Å². The summed E-state index contributed by atoms with van der Waals surface area (Å²) >= 11 is 17.7. The van der Waals surface area contributed by atoms with Crippen molar-refractivity contribution in [3.8, 4) is 0 Å². The number of halogens is 2. The smallest absolute Gasteiger partial charge is 0.191 e. The first-order chi connectivity index (χ1) is 17.6. The summed E-state index contributed by atoms with van der Waals surface area (Å²) in [5.74, 6) is 1.19. The van der Waals surface area contributed by atoms with E-state index in [0.717, 1.165) is 22.2 Å². The number of aromatic nitrogens is 2. The lowest BCUT2D eigenvalue weighted by molar-refractivity contribution is 0.893. The standard InChI is InChI=1S/C28H21Cl2N3S3/c29-19-12-11-18(21(30)13-19)15-34-28-32-26(31)23-20-14-22(16-7-3-1-4-8-16)35-24(17-9-5-2-6-10-17)25(20)36-27(23)33-28/h1-13,22,24H,14-15H2,(H2,31,32,33)/t22-,24+/m0/s1. The summed E-state index contributed by atoms with van der Waals surface area (Å²) in [5, 5.41) is 3.49. The van der Waals surface area contributed by atoms with Crippen LogP contribution in [-0.4, -0.2) is 9.97 Å². The quantitative estimate of drug-likeness (QED) is 0.170. The molecule has 0 radical (unpaired) electrons. The van der Waals surface area contributed by atoms with Gasteiger partial charge in [0.05, 0.1) is 10.6 Å². The summed E-state index contributed by atoms with van der Waals surface area (Å²) in [7, 11) is 0. The molecule has 0 unspecified atom stereocenters. The van der Waals surface area contributed by atoms with E-state index >= 15 is 0 Å². The van der Waals surface area contributed by atoms with E-state index in [1.807, 2.05) is 23.9 Å². The molecular formula is C28H21Cl2N3S3. The van der Waals surface area contributed by atoms with Crippen LogP contribution in [0, 0.1) is 0 Å². The number of fused-ring (bicyclic) bond motifs is 3. The van der Waals surface area contributed by atoms with Gasteiger partial charge in [-0.15, -0.1) is 23.1 Å². The SMILES string of the molecule is Nc1nc(SCc2ccc(Cl)cc2Cl)nc2sc3c(c12)C[C@@H](c1ccccc1)S[C@@H]3c1ccccc1. The minimum atomic E-state index is 0.225. The molecule has 0 fully saturated rings. The van der Waals surface area contributed by atoms with Crippen LogP contribution in [0.2, 0.25) is 10.0 Å². The third kappa shape index (κ3) is 4.73. The fourth-order valence-corrected chi connectivity index (χ4v) is 9.01. The van der Waals surface area contributed by atoms with Crippen molar-refractivity contribution in [2.45, 2.75) is 27.8 Å². The number of nitrogens with two attached hydrogens (primary N) is 1. The Morgan fingerprint density at radius 2 is 1.64 bits per heavy atom. The van der Waals surface area contributed by atoms with E-state index in [4.69, 9.17) is 38.9 Å². The molecule has 2 atom stereocenters. The second-order valence-electron chi connectivity index (χ2n) is 8.57. The van der Waals surface area contributed by atoms with Crippen molar-refractivity contribution in [2.75, 3.05) is 5.73 Å². The van der Waals surface area contributed by atoms with E-state index in [-0.39, 0.29) is 5.25 Å². The van der Waals surface area contributed by atoms with Gasteiger partial charge >= 0.3 is 0 Å². The van der Waals surface area contributed by atoms with E-state index in [1.54, 1.807) is 17.4 Å². The highest BCUT2D eigenvalue weighted by atomic mass is 35.5. The number of rotatable bonds is 5. The molecule has 0 bridgehead atoms. The van der Waals surface area contributed by atoms with Gasteiger partial charge in [0.15, 0.2) is 5.16 Å². The maximum Gasteiger partial charge on any atom is 0.191 e. The highest BCUT2D eigenvalue weighted by molar-refractivity contribution is 8.00. The molecule has 8 heteroatoms. The Morgan fingerprint density at radius 3 is 2.36 bits per heavy atom. The first-order valence-corrected chi connectivity index (χ1v) is 15.0. The maximum atomic E-state index is 6.60. The molecule has 5 aromatic rings. The van der Waals surface area contributed by atoms with Crippen LogP contribution in [0.15, 0.2) is 84.0 Å². The lowest BCUT2D eigenvalue weighted by Gasteiger charge is -2.30. The number of thiophene rings is 1. The molecular weight excluding hydrogens is 545 g/mol. The van der Waals surface area contributed by atoms with Crippen molar-refractivity contribution < 1.29 is 0 Å². The summed E-state index contributed by atoms with van der Waals surface area (Å²) < 4.78 is 0. The van der Waals surface area contributed by atoms with Crippen molar-refractivity contribution in [3.05, 3.63) is 116 Å². The summed E-state index contributed by atoms with van der Waals surface area (Å²) in [5.41, 5.74) is 11.5. The van der Waals surface area contributed by atoms with E-state index in [0.29, 0.717) is 32.0 Å². The Kier molecular flexibility index (Phi) is 6.88. The molecule has 0 saturated heterocycles. The number of nitrogens with zero attached hydrogens (tertiary/aromatic N) is 2. The highest BCUT2D eigenvalue weighted by Crippen LogP contribution is 2.55. The molecule has 0 spiro atoms. The van der Waals surface area contributed by atoms with Gasteiger partial charge in [0, 0.05) is 25.9 Å². The summed E-state index contributed by atoms with van der Waals surface area (Å²) in [6.45, 7) is 0. The van der Waals surface area contributed by atoms with Crippen molar-refractivity contribution in [1.29, 1.82) is 0 Å². The minimum absolute atomic E-state index is 0.225. The normalized spacial score (nSPS) is 17.3. The zero-order valence-electron chi connectivity index (χ0n) is 19.0.